The molecule has 0 amide bonds. The highest BCUT2D eigenvalue weighted by Gasteiger charge is 2.56. The van der Waals surface area contributed by atoms with E-state index < -0.39 is 0 Å². The molecule has 0 heteroatoms. The number of hydrogen-bond donors (Lipinski definition) is 0. The van der Waals surface area contributed by atoms with Crippen LogP contribution in [-0.2, 0) is 0 Å². The van der Waals surface area contributed by atoms with Gasteiger partial charge in [-0.25, -0.2) is 0 Å². The van der Waals surface area contributed by atoms with Gasteiger partial charge in [0.1, 0.15) is 0 Å². The minimum absolute atomic E-state index is 0.564. The smallest absolute Gasteiger partial charge is 0.0259 e. The Hall–Kier alpha value is 0. The number of fused-ring (bicyclic) bond motifs is 1. The van der Waals surface area contributed by atoms with Gasteiger partial charge < -0.3 is 0 Å². The topological polar surface area (TPSA) is 0 Å². The molecule has 2 aliphatic rings. The molecular formula is C18H34. The van der Waals surface area contributed by atoms with Gasteiger partial charge in [0.05, 0.1) is 0 Å². The second kappa shape index (κ2) is 4.53. The monoisotopic (exact) mass is 250 g/mol. The maximum absolute atomic E-state index is 2.64. The quantitative estimate of drug-likeness (QED) is 0.559. The molecule has 3 unspecified atom stereocenters. The van der Waals surface area contributed by atoms with E-state index in [1.54, 1.807) is 0 Å². The molecular weight excluding hydrogens is 216 g/mol. The Bertz CT molecular complexity index is 299. The van der Waals surface area contributed by atoms with Gasteiger partial charge in [-0.15, -0.1) is 0 Å². The van der Waals surface area contributed by atoms with E-state index in [0.717, 1.165) is 11.8 Å². The van der Waals surface area contributed by atoms with Crippen molar-refractivity contribution in [1.82, 2.24) is 0 Å². The second-order valence-electron chi connectivity index (χ2n) is 8.77. The van der Waals surface area contributed by atoms with Crippen molar-refractivity contribution in [1.29, 1.82) is 0 Å². The number of rotatable bonds is 2. The average molecular weight is 250 g/mol. The van der Waals surface area contributed by atoms with Crippen molar-refractivity contribution >= 4 is 0 Å². The summed E-state index contributed by atoms with van der Waals surface area (Å²) < 4.78 is 0. The van der Waals surface area contributed by atoms with Gasteiger partial charge >= 0.3 is 0 Å². The van der Waals surface area contributed by atoms with Crippen LogP contribution in [-0.4, -0.2) is 0 Å². The second-order valence-corrected chi connectivity index (χ2v) is 8.77. The highest BCUT2D eigenvalue weighted by Crippen LogP contribution is 2.64. The van der Waals surface area contributed by atoms with Gasteiger partial charge in [0, 0.05) is 0 Å². The molecule has 0 aromatic rings. The van der Waals surface area contributed by atoms with E-state index in [2.05, 4.69) is 41.5 Å². The van der Waals surface area contributed by atoms with E-state index in [-0.39, 0.29) is 0 Å². The molecule has 2 fully saturated rings. The van der Waals surface area contributed by atoms with Crippen molar-refractivity contribution < 1.29 is 0 Å². The van der Waals surface area contributed by atoms with Gasteiger partial charge in [-0.05, 0) is 60.2 Å². The summed E-state index contributed by atoms with van der Waals surface area (Å²) in [5, 5.41) is 0. The summed E-state index contributed by atoms with van der Waals surface area (Å²) in [6, 6.07) is 0. The molecule has 0 N–H and O–H groups in total. The predicted molar refractivity (Wildman–Crippen MR) is 80.6 cm³/mol. The van der Waals surface area contributed by atoms with Crippen LogP contribution in [0.15, 0.2) is 0 Å². The molecule has 0 spiro atoms. The Labute approximate surface area is 115 Å². The lowest BCUT2D eigenvalue weighted by Crippen LogP contribution is -2.54. The Balaban J connectivity index is 2.35. The summed E-state index contributed by atoms with van der Waals surface area (Å²) in [7, 11) is 0. The summed E-state index contributed by atoms with van der Waals surface area (Å²) in [4.78, 5) is 0. The van der Waals surface area contributed by atoms with Crippen molar-refractivity contribution in [3.8, 4) is 0 Å². The molecule has 18 heavy (non-hydrogen) atoms. The highest BCUT2D eigenvalue weighted by atomic mass is 14.6. The van der Waals surface area contributed by atoms with Crippen LogP contribution in [0.2, 0.25) is 0 Å². The number of hydrogen-bond acceptors (Lipinski definition) is 0. The van der Waals surface area contributed by atoms with Crippen LogP contribution in [0, 0.1) is 28.1 Å². The minimum atomic E-state index is 0.564. The van der Waals surface area contributed by atoms with Gasteiger partial charge in [0.2, 0.25) is 0 Å². The first-order valence-corrected chi connectivity index (χ1v) is 8.24. The zero-order valence-corrected chi connectivity index (χ0v) is 13.6. The Morgan fingerprint density at radius 1 is 0.889 bits per heavy atom. The molecule has 2 aliphatic carbocycles. The third-order valence-corrected chi connectivity index (χ3v) is 6.67. The van der Waals surface area contributed by atoms with E-state index in [9.17, 15) is 0 Å². The molecule has 106 valence electrons. The molecule has 0 bridgehead atoms. The molecule has 0 saturated heterocycles. The SMILES string of the molecule is CCCC1C(C)(C)CCC2C(C)(C)CCCC21C. The first kappa shape index (κ1) is 14.4. The molecule has 3 atom stereocenters. The molecule has 2 saturated carbocycles. The van der Waals surface area contributed by atoms with Gasteiger partial charge in [0.25, 0.3) is 0 Å². The molecule has 2 rings (SSSR count). The molecule has 0 nitrogen and oxygen atoms in total. The van der Waals surface area contributed by atoms with Gasteiger partial charge in [-0.3, -0.25) is 0 Å². The third-order valence-electron chi connectivity index (χ3n) is 6.67. The maximum Gasteiger partial charge on any atom is -0.0259 e. The van der Waals surface area contributed by atoms with E-state index >= 15 is 0 Å². The van der Waals surface area contributed by atoms with Crippen LogP contribution in [0.3, 0.4) is 0 Å². The van der Waals surface area contributed by atoms with E-state index in [1.165, 1.54) is 44.9 Å². The lowest BCUT2D eigenvalue weighted by molar-refractivity contribution is -0.126. The largest absolute Gasteiger partial charge is 0.0654 e. The van der Waals surface area contributed by atoms with Crippen LogP contribution in [0.5, 0.6) is 0 Å². The highest BCUT2D eigenvalue weighted by molar-refractivity contribution is 5.05. The van der Waals surface area contributed by atoms with Crippen LogP contribution in [0.25, 0.3) is 0 Å². The molecule has 0 aliphatic heterocycles. The summed E-state index contributed by atoms with van der Waals surface area (Å²) in [6.45, 7) is 15.2. The first-order valence-electron chi connectivity index (χ1n) is 8.24. The van der Waals surface area contributed by atoms with Crippen molar-refractivity contribution in [3.63, 3.8) is 0 Å². The van der Waals surface area contributed by atoms with E-state index in [1.807, 2.05) is 0 Å². The lowest BCUT2D eigenvalue weighted by atomic mass is 9.43. The summed E-state index contributed by atoms with van der Waals surface area (Å²) in [5.41, 5.74) is 1.75. The summed E-state index contributed by atoms with van der Waals surface area (Å²) in [5.74, 6) is 1.90. The van der Waals surface area contributed by atoms with Crippen LogP contribution >= 0.6 is 0 Å². The average Bonchev–Trinajstić information content (AvgIpc) is 2.22. The maximum atomic E-state index is 2.64. The van der Waals surface area contributed by atoms with Crippen molar-refractivity contribution in [2.45, 2.75) is 86.5 Å². The fourth-order valence-corrected chi connectivity index (χ4v) is 5.90. The Morgan fingerprint density at radius 2 is 1.56 bits per heavy atom. The van der Waals surface area contributed by atoms with Gasteiger partial charge in [-0.1, -0.05) is 54.4 Å². The minimum Gasteiger partial charge on any atom is -0.0654 e. The standard InChI is InChI=1S/C18H34/c1-7-9-14-17(4,5)13-10-15-16(2,3)11-8-12-18(14,15)6/h14-15H,7-13H2,1-6H3. The summed E-state index contributed by atoms with van der Waals surface area (Å²) in [6.07, 6.45) is 10.1. The predicted octanol–water partition coefficient (Wildman–Crippen LogP) is 6.06. The summed E-state index contributed by atoms with van der Waals surface area (Å²) >= 11 is 0. The zero-order chi connectivity index (χ0) is 13.6. The third kappa shape index (κ3) is 2.14. The molecule has 0 aromatic heterocycles. The molecule has 0 aromatic carbocycles. The van der Waals surface area contributed by atoms with Gasteiger partial charge in [0.15, 0.2) is 0 Å². The lowest BCUT2D eigenvalue weighted by Gasteiger charge is -2.62. The van der Waals surface area contributed by atoms with Crippen LogP contribution in [0.1, 0.15) is 86.5 Å². The van der Waals surface area contributed by atoms with Crippen molar-refractivity contribution in [3.05, 3.63) is 0 Å². The normalized spacial score (nSPS) is 42.3. The fraction of sp³-hybridized carbons (Fsp3) is 1.00. The molecule has 0 radical (unpaired) electrons. The van der Waals surface area contributed by atoms with E-state index in [0.29, 0.717) is 16.2 Å². The van der Waals surface area contributed by atoms with Gasteiger partial charge in [-0.2, -0.15) is 0 Å². The molecule has 0 heterocycles. The zero-order valence-electron chi connectivity index (χ0n) is 13.6. The van der Waals surface area contributed by atoms with Crippen molar-refractivity contribution in [2.75, 3.05) is 0 Å². The Kier molecular flexibility index (Phi) is 3.63. The van der Waals surface area contributed by atoms with Crippen molar-refractivity contribution in [2.24, 2.45) is 28.1 Å². The van der Waals surface area contributed by atoms with Crippen LogP contribution < -0.4 is 0 Å². The Morgan fingerprint density at radius 3 is 2.17 bits per heavy atom. The van der Waals surface area contributed by atoms with Crippen LogP contribution in [0.4, 0.5) is 0 Å². The first-order chi connectivity index (χ1) is 8.24. The fourth-order valence-electron chi connectivity index (χ4n) is 5.90. The van der Waals surface area contributed by atoms with E-state index in [4.69, 9.17) is 0 Å².